The molecular formula is C15H19N. The van der Waals surface area contributed by atoms with Gasteiger partial charge in [-0.3, -0.25) is 4.99 Å². The molecule has 0 amide bonds. The molecule has 0 N–H and O–H groups in total. The smallest absolute Gasteiger partial charge is 0.0342 e. The third kappa shape index (κ3) is 2.08. The van der Waals surface area contributed by atoms with Crippen molar-refractivity contribution in [3.05, 3.63) is 47.2 Å². The molecule has 84 valence electrons. The van der Waals surface area contributed by atoms with Crippen LogP contribution in [0.5, 0.6) is 0 Å². The van der Waals surface area contributed by atoms with Crippen LogP contribution in [0.15, 0.2) is 52.2 Å². The van der Waals surface area contributed by atoms with Gasteiger partial charge in [-0.1, -0.05) is 45.1 Å². The Morgan fingerprint density at radius 3 is 2.81 bits per heavy atom. The fourth-order valence-electron chi connectivity index (χ4n) is 2.16. The molecule has 0 fully saturated rings. The van der Waals surface area contributed by atoms with Gasteiger partial charge in [-0.25, -0.2) is 0 Å². The monoisotopic (exact) mass is 213 g/mol. The Hall–Kier alpha value is -1.37. The van der Waals surface area contributed by atoms with Crippen molar-refractivity contribution in [2.45, 2.75) is 27.7 Å². The summed E-state index contributed by atoms with van der Waals surface area (Å²) in [6, 6.07) is 0. The van der Waals surface area contributed by atoms with Crippen LogP contribution in [0.3, 0.4) is 0 Å². The molecule has 0 radical (unpaired) electrons. The Bertz CT molecular complexity index is 442. The summed E-state index contributed by atoms with van der Waals surface area (Å²) in [5, 5.41) is 0. The minimum absolute atomic E-state index is 0.0420. The highest BCUT2D eigenvalue weighted by molar-refractivity contribution is 5.71. The first-order valence-corrected chi connectivity index (χ1v) is 5.83. The van der Waals surface area contributed by atoms with E-state index in [2.05, 4.69) is 57.0 Å². The molecule has 1 atom stereocenters. The van der Waals surface area contributed by atoms with Gasteiger partial charge in [0.15, 0.2) is 0 Å². The quantitative estimate of drug-likeness (QED) is 0.575. The fraction of sp³-hybridized carbons (Fsp3) is 0.400. The van der Waals surface area contributed by atoms with Crippen molar-refractivity contribution < 1.29 is 0 Å². The van der Waals surface area contributed by atoms with Gasteiger partial charge in [0.1, 0.15) is 0 Å². The Balaban J connectivity index is 2.57. The van der Waals surface area contributed by atoms with E-state index >= 15 is 0 Å². The second-order valence-corrected chi connectivity index (χ2v) is 5.27. The first-order chi connectivity index (χ1) is 7.49. The van der Waals surface area contributed by atoms with E-state index < -0.39 is 0 Å². The van der Waals surface area contributed by atoms with Crippen molar-refractivity contribution in [1.82, 2.24) is 0 Å². The van der Waals surface area contributed by atoms with Crippen molar-refractivity contribution in [3.8, 4) is 0 Å². The predicted molar refractivity (Wildman–Crippen MR) is 70.5 cm³/mol. The molecule has 1 aliphatic heterocycles. The van der Waals surface area contributed by atoms with Crippen molar-refractivity contribution in [3.63, 3.8) is 0 Å². The largest absolute Gasteiger partial charge is 0.268 e. The fourth-order valence-corrected chi connectivity index (χ4v) is 2.16. The summed E-state index contributed by atoms with van der Waals surface area (Å²) in [5.74, 6) is 0.459. The average molecular weight is 213 g/mol. The first-order valence-electron chi connectivity index (χ1n) is 5.83. The summed E-state index contributed by atoms with van der Waals surface area (Å²) in [6.07, 6.45) is 12.9. The number of hydrogen-bond acceptors (Lipinski definition) is 1. The summed E-state index contributed by atoms with van der Waals surface area (Å²) in [6.45, 7) is 8.78. The van der Waals surface area contributed by atoms with Crippen LogP contribution in [0.4, 0.5) is 0 Å². The van der Waals surface area contributed by atoms with Crippen LogP contribution in [0.25, 0.3) is 0 Å². The predicted octanol–water partition coefficient (Wildman–Crippen LogP) is 4.06. The lowest BCUT2D eigenvalue weighted by molar-refractivity contribution is 0.679. The molecule has 2 aliphatic rings. The third-order valence-electron chi connectivity index (χ3n) is 3.11. The Kier molecular flexibility index (Phi) is 2.71. The number of allylic oxidation sites excluding steroid dienone is 7. The molecule has 0 aromatic rings. The highest BCUT2D eigenvalue weighted by Crippen LogP contribution is 2.34. The maximum Gasteiger partial charge on any atom is 0.0342 e. The molecule has 0 saturated heterocycles. The Morgan fingerprint density at radius 1 is 1.31 bits per heavy atom. The molecule has 0 spiro atoms. The zero-order valence-corrected chi connectivity index (χ0v) is 10.5. The minimum Gasteiger partial charge on any atom is -0.268 e. The van der Waals surface area contributed by atoms with Gasteiger partial charge >= 0.3 is 0 Å². The molecule has 1 unspecified atom stereocenters. The molecular weight excluding hydrogens is 194 g/mol. The van der Waals surface area contributed by atoms with Crippen LogP contribution in [-0.4, -0.2) is 6.21 Å². The lowest BCUT2D eigenvalue weighted by atomic mass is 9.85. The van der Waals surface area contributed by atoms with E-state index in [4.69, 9.17) is 0 Å². The number of nitrogens with zero attached hydrogens (tertiary/aromatic N) is 1. The summed E-state index contributed by atoms with van der Waals surface area (Å²) in [5.41, 5.74) is 4.01. The first kappa shape index (κ1) is 11.1. The van der Waals surface area contributed by atoms with Crippen molar-refractivity contribution in [1.29, 1.82) is 0 Å². The second-order valence-electron chi connectivity index (χ2n) is 5.27. The molecule has 0 bridgehead atoms. The third-order valence-corrected chi connectivity index (χ3v) is 3.11. The number of rotatable bonds is 0. The molecule has 2 rings (SSSR count). The highest BCUT2D eigenvalue weighted by atomic mass is 14.7. The summed E-state index contributed by atoms with van der Waals surface area (Å²) < 4.78 is 0. The number of aliphatic imine (C=N–C) groups is 1. The van der Waals surface area contributed by atoms with Gasteiger partial charge in [0, 0.05) is 17.8 Å². The van der Waals surface area contributed by atoms with E-state index in [1.54, 1.807) is 0 Å². The van der Waals surface area contributed by atoms with Gasteiger partial charge in [0.05, 0.1) is 0 Å². The molecule has 1 heteroatoms. The lowest BCUT2D eigenvalue weighted by Gasteiger charge is -2.19. The molecule has 0 aromatic carbocycles. The van der Waals surface area contributed by atoms with Crippen LogP contribution in [0.2, 0.25) is 0 Å². The standard InChI is InChI=1S/C15H19N/c1-11-6-5-7-12(2)14-9-16-10-15(3,4)8-13(11)14/h5-11H,1-4H3. The van der Waals surface area contributed by atoms with E-state index in [1.165, 1.54) is 16.7 Å². The summed E-state index contributed by atoms with van der Waals surface area (Å²) in [4.78, 5) is 4.43. The van der Waals surface area contributed by atoms with Gasteiger partial charge in [-0.2, -0.15) is 0 Å². The van der Waals surface area contributed by atoms with Gasteiger partial charge < -0.3 is 0 Å². The summed E-state index contributed by atoms with van der Waals surface area (Å²) in [7, 11) is 0. The van der Waals surface area contributed by atoms with E-state index in [0.717, 1.165) is 0 Å². The Labute approximate surface area is 98.0 Å². The number of hydrogen-bond donors (Lipinski definition) is 0. The van der Waals surface area contributed by atoms with Gasteiger partial charge in [0.2, 0.25) is 0 Å². The molecule has 1 nitrogen and oxygen atoms in total. The van der Waals surface area contributed by atoms with E-state index in [0.29, 0.717) is 5.92 Å². The zero-order valence-electron chi connectivity index (χ0n) is 10.5. The van der Waals surface area contributed by atoms with Crippen LogP contribution >= 0.6 is 0 Å². The highest BCUT2D eigenvalue weighted by Gasteiger charge is 2.21. The van der Waals surface area contributed by atoms with E-state index in [-0.39, 0.29) is 5.41 Å². The van der Waals surface area contributed by atoms with Crippen molar-refractivity contribution in [2.75, 3.05) is 0 Å². The SMILES string of the molecule is CC1=CC=CC(C)C2=CC(C)(C)C=NC=C12. The zero-order chi connectivity index (χ0) is 11.8. The van der Waals surface area contributed by atoms with Crippen LogP contribution < -0.4 is 0 Å². The molecule has 1 aliphatic carbocycles. The van der Waals surface area contributed by atoms with Gasteiger partial charge in [-0.15, -0.1) is 0 Å². The van der Waals surface area contributed by atoms with Crippen LogP contribution in [0, 0.1) is 11.3 Å². The minimum atomic E-state index is 0.0420. The second kappa shape index (κ2) is 3.89. The van der Waals surface area contributed by atoms with E-state index in [1.807, 2.05) is 12.4 Å². The molecule has 0 aromatic heterocycles. The maximum atomic E-state index is 4.43. The maximum absolute atomic E-state index is 4.43. The van der Waals surface area contributed by atoms with Gasteiger partial charge in [0.25, 0.3) is 0 Å². The van der Waals surface area contributed by atoms with Crippen molar-refractivity contribution >= 4 is 6.21 Å². The van der Waals surface area contributed by atoms with Crippen LogP contribution in [-0.2, 0) is 0 Å². The van der Waals surface area contributed by atoms with Gasteiger partial charge in [-0.05, 0) is 29.6 Å². The Morgan fingerprint density at radius 2 is 2.06 bits per heavy atom. The normalized spacial score (nSPS) is 27.2. The molecule has 16 heavy (non-hydrogen) atoms. The number of fused-ring (bicyclic) bond motifs is 1. The average Bonchev–Trinajstić information content (AvgIpc) is 2.41. The van der Waals surface area contributed by atoms with E-state index in [9.17, 15) is 0 Å². The molecule has 0 saturated carbocycles. The van der Waals surface area contributed by atoms with Crippen LogP contribution in [0.1, 0.15) is 27.7 Å². The molecule has 1 heterocycles. The van der Waals surface area contributed by atoms with Crippen molar-refractivity contribution in [2.24, 2.45) is 16.3 Å². The topological polar surface area (TPSA) is 12.4 Å². The lowest BCUT2D eigenvalue weighted by Crippen LogP contribution is -2.11. The summed E-state index contributed by atoms with van der Waals surface area (Å²) >= 11 is 0.